The highest BCUT2D eigenvalue weighted by Gasteiger charge is 2.17. The van der Waals surface area contributed by atoms with E-state index in [1.807, 2.05) is 12.4 Å². The summed E-state index contributed by atoms with van der Waals surface area (Å²) in [5.41, 5.74) is 8.01. The summed E-state index contributed by atoms with van der Waals surface area (Å²) in [5.74, 6) is 0. The number of hydrogen-bond acceptors (Lipinski definition) is 3. The van der Waals surface area contributed by atoms with Crippen molar-refractivity contribution in [2.45, 2.75) is 27.7 Å². The predicted octanol–water partition coefficient (Wildman–Crippen LogP) is 6.90. The predicted molar refractivity (Wildman–Crippen MR) is 142 cm³/mol. The van der Waals surface area contributed by atoms with Crippen molar-refractivity contribution in [3.63, 3.8) is 0 Å². The van der Waals surface area contributed by atoms with Crippen molar-refractivity contribution in [2.24, 2.45) is 0 Å². The standard InChI is InChI=1S/C29H34N4/c1-5-31(6-2)25-18-14-23(15-19-25)28-29(33(22-30-28)27-12-10-9-11-13-27)24-16-20-26(21-17-24)32(7-3)8-4/h9-22H,5-8H2,1-4H3. The van der Waals surface area contributed by atoms with Crippen LogP contribution in [0.2, 0.25) is 0 Å². The minimum absolute atomic E-state index is 1.00. The van der Waals surface area contributed by atoms with Crippen molar-refractivity contribution in [1.29, 1.82) is 0 Å². The van der Waals surface area contributed by atoms with E-state index in [0.29, 0.717) is 0 Å². The molecule has 0 aliphatic rings. The molecule has 4 nitrogen and oxygen atoms in total. The summed E-state index contributed by atoms with van der Waals surface area (Å²) in [7, 11) is 0. The molecule has 3 aromatic carbocycles. The highest BCUT2D eigenvalue weighted by Crippen LogP contribution is 2.35. The number of nitrogens with zero attached hydrogens (tertiary/aromatic N) is 4. The third-order valence-corrected chi connectivity index (χ3v) is 6.34. The van der Waals surface area contributed by atoms with Gasteiger partial charge in [0.15, 0.2) is 0 Å². The first-order chi connectivity index (χ1) is 16.2. The molecule has 0 fully saturated rings. The number of para-hydroxylation sites is 1. The summed E-state index contributed by atoms with van der Waals surface area (Å²) in [6.45, 7) is 12.8. The number of imidazole rings is 1. The molecule has 1 aromatic heterocycles. The Morgan fingerprint density at radius 3 is 1.58 bits per heavy atom. The van der Waals surface area contributed by atoms with Gasteiger partial charge in [-0.05, 0) is 64.1 Å². The fourth-order valence-electron chi connectivity index (χ4n) is 4.46. The molecule has 0 radical (unpaired) electrons. The first kappa shape index (κ1) is 22.7. The van der Waals surface area contributed by atoms with Gasteiger partial charge in [-0.1, -0.05) is 42.5 Å². The zero-order valence-electron chi connectivity index (χ0n) is 20.2. The summed E-state index contributed by atoms with van der Waals surface area (Å²) < 4.78 is 2.19. The van der Waals surface area contributed by atoms with Gasteiger partial charge in [0.2, 0.25) is 0 Å². The van der Waals surface area contributed by atoms with Gasteiger partial charge in [-0.15, -0.1) is 0 Å². The van der Waals surface area contributed by atoms with E-state index in [-0.39, 0.29) is 0 Å². The van der Waals surface area contributed by atoms with Crippen molar-refractivity contribution < 1.29 is 0 Å². The fourth-order valence-corrected chi connectivity index (χ4v) is 4.46. The van der Waals surface area contributed by atoms with Crippen LogP contribution in [0.25, 0.3) is 28.2 Å². The Labute approximate surface area is 198 Å². The van der Waals surface area contributed by atoms with Gasteiger partial charge in [0.05, 0.1) is 11.4 Å². The van der Waals surface area contributed by atoms with Crippen LogP contribution in [0.3, 0.4) is 0 Å². The third-order valence-electron chi connectivity index (χ3n) is 6.34. The molecule has 1 heterocycles. The molecule has 0 atom stereocenters. The van der Waals surface area contributed by atoms with Gasteiger partial charge in [-0.2, -0.15) is 0 Å². The molecule has 0 spiro atoms. The Bertz CT molecular complexity index is 1140. The summed E-state index contributed by atoms with van der Waals surface area (Å²) in [6, 6.07) is 28.1. The van der Waals surface area contributed by atoms with Gasteiger partial charge in [0, 0.05) is 54.4 Å². The molecule has 4 rings (SSSR count). The van der Waals surface area contributed by atoms with E-state index in [9.17, 15) is 0 Å². The summed E-state index contributed by atoms with van der Waals surface area (Å²) in [4.78, 5) is 9.61. The second-order valence-electron chi connectivity index (χ2n) is 8.09. The number of anilines is 2. The Kier molecular flexibility index (Phi) is 7.13. The average molecular weight is 439 g/mol. The first-order valence-electron chi connectivity index (χ1n) is 12.0. The zero-order chi connectivity index (χ0) is 23.2. The van der Waals surface area contributed by atoms with Gasteiger partial charge in [-0.25, -0.2) is 4.98 Å². The summed E-state index contributed by atoms with van der Waals surface area (Å²) in [5, 5.41) is 0. The topological polar surface area (TPSA) is 24.3 Å². The average Bonchev–Trinajstić information content (AvgIpc) is 3.32. The molecule has 0 bridgehead atoms. The number of aromatic nitrogens is 2. The van der Waals surface area contributed by atoms with Gasteiger partial charge >= 0.3 is 0 Å². The SMILES string of the molecule is CCN(CC)c1ccc(-c2ncn(-c3ccccc3)c2-c2ccc(N(CC)CC)cc2)cc1. The van der Waals surface area contributed by atoms with Crippen LogP contribution in [0.5, 0.6) is 0 Å². The highest BCUT2D eigenvalue weighted by molar-refractivity contribution is 5.81. The maximum absolute atomic E-state index is 4.88. The Hall–Kier alpha value is -3.53. The fraction of sp³-hybridized carbons (Fsp3) is 0.276. The normalized spacial score (nSPS) is 10.9. The lowest BCUT2D eigenvalue weighted by Gasteiger charge is -2.21. The second-order valence-corrected chi connectivity index (χ2v) is 8.09. The largest absolute Gasteiger partial charge is 0.372 e. The van der Waals surface area contributed by atoms with E-state index in [1.54, 1.807) is 0 Å². The molecular weight excluding hydrogens is 404 g/mol. The summed E-state index contributed by atoms with van der Waals surface area (Å²) in [6.07, 6.45) is 1.94. The van der Waals surface area contributed by atoms with E-state index in [4.69, 9.17) is 4.98 Å². The lowest BCUT2D eigenvalue weighted by Crippen LogP contribution is -2.21. The molecule has 0 aliphatic carbocycles. The second kappa shape index (κ2) is 10.4. The van der Waals surface area contributed by atoms with Gasteiger partial charge in [0.1, 0.15) is 6.33 Å². The Morgan fingerprint density at radius 2 is 1.09 bits per heavy atom. The smallest absolute Gasteiger partial charge is 0.100 e. The van der Waals surface area contributed by atoms with Crippen LogP contribution in [-0.4, -0.2) is 35.7 Å². The lowest BCUT2D eigenvalue weighted by molar-refractivity contribution is 0.866. The minimum atomic E-state index is 1.00. The van der Waals surface area contributed by atoms with Crippen LogP contribution in [-0.2, 0) is 0 Å². The zero-order valence-corrected chi connectivity index (χ0v) is 20.2. The molecule has 0 unspecified atom stereocenters. The number of rotatable bonds is 9. The molecule has 170 valence electrons. The molecule has 0 saturated carbocycles. The van der Waals surface area contributed by atoms with E-state index >= 15 is 0 Å². The van der Waals surface area contributed by atoms with Crippen molar-refractivity contribution in [3.8, 4) is 28.2 Å². The molecule has 33 heavy (non-hydrogen) atoms. The monoisotopic (exact) mass is 438 g/mol. The molecule has 4 heteroatoms. The van der Waals surface area contributed by atoms with Crippen molar-refractivity contribution in [1.82, 2.24) is 9.55 Å². The van der Waals surface area contributed by atoms with Gasteiger partial charge in [-0.3, -0.25) is 4.57 Å². The molecule has 4 aromatic rings. The van der Waals surface area contributed by atoms with Gasteiger partial charge < -0.3 is 9.80 Å². The van der Waals surface area contributed by atoms with Crippen LogP contribution in [0, 0.1) is 0 Å². The van der Waals surface area contributed by atoms with Crippen LogP contribution in [0.1, 0.15) is 27.7 Å². The van der Waals surface area contributed by atoms with E-state index in [2.05, 4.69) is 115 Å². The molecular formula is C29H34N4. The van der Waals surface area contributed by atoms with Crippen LogP contribution in [0.4, 0.5) is 11.4 Å². The first-order valence-corrected chi connectivity index (χ1v) is 12.0. The van der Waals surface area contributed by atoms with E-state index in [0.717, 1.165) is 54.4 Å². The number of benzene rings is 3. The van der Waals surface area contributed by atoms with E-state index in [1.165, 1.54) is 11.4 Å². The maximum Gasteiger partial charge on any atom is 0.100 e. The summed E-state index contributed by atoms with van der Waals surface area (Å²) >= 11 is 0. The van der Waals surface area contributed by atoms with Gasteiger partial charge in [0.25, 0.3) is 0 Å². The molecule has 0 aliphatic heterocycles. The Balaban J connectivity index is 1.80. The Morgan fingerprint density at radius 1 is 0.606 bits per heavy atom. The van der Waals surface area contributed by atoms with Crippen LogP contribution in [0.15, 0.2) is 85.2 Å². The van der Waals surface area contributed by atoms with Crippen LogP contribution < -0.4 is 9.80 Å². The van der Waals surface area contributed by atoms with Crippen molar-refractivity contribution in [3.05, 3.63) is 85.2 Å². The quantitative estimate of drug-likeness (QED) is 0.284. The highest BCUT2D eigenvalue weighted by atomic mass is 15.1. The van der Waals surface area contributed by atoms with Crippen molar-refractivity contribution >= 4 is 11.4 Å². The molecule has 0 saturated heterocycles. The lowest BCUT2D eigenvalue weighted by atomic mass is 10.0. The minimum Gasteiger partial charge on any atom is -0.372 e. The molecule has 0 amide bonds. The maximum atomic E-state index is 4.88. The van der Waals surface area contributed by atoms with Crippen LogP contribution >= 0.6 is 0 Å². The van der Waals surface area contributed by atoms with Crippen molar-refractivity contribution in [2.75, 3.05) is 36.0 Å². The third kappa shape index (κ3) is 4.65. The molecule has 0 N–H and O–H groups in total. The number of hydrogen-bond donors (Lipinski definition) is 0. The van der Waals surface area contributed by atoms with E-state index < -0.39 is 0 Å².